The monoisotopic (exact) mass is 322 g/mol. The molecule has 0 aromatic heterocycles. The molecule has 0 bridgehead atoms. The first-order chi connectivity index (χ1) is 11.3. The minimum Gasteiger partial charge on any atom is -0.378 e. The molecule has 3 heteroatoms. The van der Waals surface area contributed by atoms with E-state index in [1.54, 1.807) is 12.3 Å². The fourth-order valence-corrected chi connectivity index (χ4v) is 2.30. The normalized spacial score (nSPS) is 11.5. The van der Waals surface area contributed by atoms with Gasteiger partial charge in [-0.3, -0.25) is 4.79 Å². The van der Waals surface area contributed by atoms with Crippen LogP contribution in [0.5, 0.6) is 0 Å². The van der Waals surface area contributed by atoms with Crippen LogP contribution in [-0.4, -0.2) is 19.9 Å². The Balaban J connectivity index is 1.97. The Bertz CT molecular complexity index is 705. The zero-order valence-corrected chi connectivity index (χ0v) is 15.1. The molecule has 0 atom stereocenters. The van der Waals surface area contributed by atoms with Gasteiger partial charge < -0.3 is 10.2 Å². The van der Waals surface area contributed by atoms with Crippen LogP contribution in [0.15, 0.2) is 60.8 Å². The van der Waals surface area contributed by atoms with Crippen molar-refractivity contribution in [1.29, 1.82) is 0 Å². The molecular weight excluding hydrogens is 296 g/mol. The second-order valence-corrected chi connectivity index (χ2v) is 7.11. The lowest BCUT2D eigenvalue weighted by Gasteiger charge is -2.18. The van der Waals surface area contributed by atoms with Crippen LogP contribution in [0.25, 0.3) is 0 Å². The molecule has 0 aliphatic heterocycles. The predicted octanol–water partition coefficient (Wildman–Crippen LogP) is 4.86. The van der Waals surface area contributed by atoms with E-state index in [0.717, 1.165) is 11.4 Å². The Morgan fingerprint density at radius 1 is 0.958 bits per heavy atom. The number of anilines is 2. The van der Waals surface area contributed by atoms with E-state index in [4.69, 9.17) is 0 Å². The van der Waals surface area contributed by atoms with Gasteiger partial charge in [0.2, 0.25) is 0 Å². The summed E-state index contributed by atoms with van der Waals surface area (Å²) in [4.78, 5) is 14.3. The molecule has 0 aliphatic rings. The molecule has 0 saturated carbocycles. The number of nitrogens with one attached hydrogen (secondary N) is 1. The highest BCUT2D eigenvalue weighted by atomic mass is 16.1. The molecule has 0 fully saturated rings. The third-order valence-corrected chi connectivity index (χ3v) is 3.90. The highest BCUT2D eigenvalue weighted by Gasteiger charge is 2.13. The van der Waals surface area contributed by atoms with Gasteiger partial charge in [-0.25, -0.2) is 0 Å². The number of carbonyl (C=O) groups is 1. The second-order valence-electron chi connectivity index (χ2n) is 7.11. The quantitative estimate of drug-likeness (QED) is 0.630. The molecule has 2 aromatic rings. The summed E-state index contributed by atoms with van der Waals surface area (Å²) in [5.74, 6) is -0.00660. The highest BCUT2D eigenvalue weighted by molar-refractivity contribution is 6.04. The van der Waals surface area contributed by atoms with Crippen molar-refractivity contribution in [2.75, 3.05) is 24.3 Å². The maximum absolute atomic E-state index is 12.2. The zero-order chi connectivity index (χ0) is 17.7. The standard InChI is InChI=1S/C21H26N2O/c1-21(2,3)17-8-6-16(7-9-17)20(24)14-15-22-18-10-12-19(13-11-18)23(4)5/h6-15,22H,1-5H3/b15-14+. The summed E-state index contributed by atoms with van der Waals surface area (Å²) in [7, 11) is 4.01. The molecular formula is C21H26N2O. The lowest BCUT2D eigenvalue weighted by Crippen LogP contribution is -2.11. The van der Waals surface area contributed by atoms with Gasteiger partial charge in [0.05, 0.1) is 0 Å². The summed E-state index contributed by atoms with van der Waals surface area (Å²) in [5, 5.41) is 3.13. The maximum atomic E-state index is 12.2. The SMILES string of the molecule is CN(C)c1ccc(N/C=C/C(=O)c2ccc(C(C)(C)C)cc2)cc1. The number of carbonyl (C=O) groups excluding carboxylic acids is 1. The second kappa shape index (κ2) is 7.35. The molecule has 0 spiro atoms. The van der Waals surface area contributed by atoms with E-state index >= 15 is 0 Å². The number of benzene rings is 2. The van der Waals surface area contributed by atoms with Crippen LogP contribution in [0.2, 0.25) is 0 Å². The predicted molar refractivity (Wildman–Crippen MR) is 103 cm³/mol. The lowest BCUT2D eigenvalue weighted by molar-refractivity contribution is 0.104. The Hall–Kier alpha value is -2.55. The van der Waals surface area contributed by atoms with Crippen molar-refractivity contribution in [2.24, 2.45) is 0 Å². The fourth-order valence-electron chi connectivity index (χ4n) is 2.30. The van der Waals surface area contributed by atoms with Crippen LogP contribution >= 0.6 is 0 Å². The summed E-state index contributed by atoms with van der Waals surface area (Å²) < 4.78 is 0. The van der Waals surface area contributed by atoms with Gasteiger partial charge in [0.15, 0.2) is 5.78 Å². The molecule has 2 aromatic carbocycles. The number of hydrogen-bond acceptors (Lipinski definition) is 3. The van der Waals surface area contributed by atoms with Gasteiger partial charge in [0.1, 0.15) is 0 Å². The largest absolute Gasteiger partial charge is 0.378 e. The Kier molecular flexibility index (Phi) is 5.45. The van der Waals surface area contributed by atoms with Gasteiger partial charge in [0, 0.05) is 43.3 Å². The molecule has 126 valence electrons. The minimum atomic E-state index is -0.00660. The first-order valence-corrected chi connectivity index (χ1v) is 8.13. The summed E-state index contributed by atoms with van der Waals surface area (Å²) in [6.45, 7) is 6.49. The number of rotatable bonds is 5. The van der Waals surface area contributed by atoms with E-state index in [1.165, 1.54) is 5.56 Å². The van der Waals surface area contributed by atoms with E-state index in [-0.39, 0.29) is 11.2 Å². The van der Waals surface area contributed by atoms with Gasteiger partial charge in [-0.2, -0.15) is 0 Å². The van der Waals surface area contributed by atoms with Crippen LogP contribution in [0, 0.1) is 0 Å². The third-order valence-electron chi connectivity index (χ3n) is 3.90. The number of hydrogen-bond donors (Lipinski definition) is 1. The number of ketones is 1. The third kappa shape index (κ3) is 4.72. The summed E-state index contributed by atoms with van der Waals surface area (Å²) in [5.41, 5.74) is 4.11. The Labute approximate surface area is 145 Å². The zero-order valence-electron chi connectivity index (χ0n) is 15.1. The van der Waals surface area contributed by atoms with E-state index in [1.807, 2.05) is 67.5 Å². The molecule has 0 unspecified atom stereocenters. The lowest BCUT2D eigenvalue weighted by atomic mass is 9.86. The highest BCUT2D eigenvalue weighted by Crippen LogP contribution is 2.22. The molecule has 0 saturated heterocycles. The molecule has 24 heavy (non-hydrogen) atoms. The van der Waals surface area contributed by atoms with Crippen molar-refractivity contribution < 1.29 is 4.79 Å². The molecule has 1 N–H and O–H groups in total. The van der Waals surface area contributed by atoms with Crippen LogP contribution in [0.1, 0.15) is 36.7 Å². The van der Waals surface area contributed by atoms with Crippen LogP contribution in [0.3, 0.4) is 0 Å². The van der Waals surface area contributed by atoms with E-state index in [0.29, 0.717) is 5.56 Å². The van der Waals surface area contributed by atoms with Crippen molar-refractivity contribution in [3.8, 4) is 0 Å². The maximum Gasteiger partial charge on any atom is 0.187 e. The van der Waals surface area contributed by atoms with Gasteiger partial charge in [-0.05, 0) is 35.2 Å². The first-order valence-electron chi connectivity index (χ1n) is 8.13. The average Bonchev–Trinajstić information content (AvgIpc) is 2.54. The number of nitrogens with zero attached hydrogens (tertiary/aromatic N) is 1. The molecule has 0 amide bonds. The van der Waals surface area contributed by atoms with E-state index < -0.39 is 0 Å². The van der Waals surface area contributed by atoms with Crippen LogP contribution < -0.4 is 10.2 Å². The van der Waals surface area contributed by atoms with Crippen molar-refractivity contribution in [3.63, 3.8) is 0 Å². The van der Waals surface area contributed by atoms with Crippen molar-refractivity contribution in [1.82, 2.24) is 0 Å². The van der Waals surface area contributed by atoms with Crippen LogP contribution in [0.4, 0.5) is 11.4 Å². The topological polar surface area (TPSA) is 32.3 Å². The van der Waals surface area contributed by atoms with Gasteiger partial charge >= 0.3 is 0 Å². The molecule has 0 radical (unpaired) electrons. The van der Waals surface area contributed by atoms with Crippen LogP contribution in [-0.2, 0) is 5.41 Å². The minimum absolute atomic E-state index is 0.00660. The Morgan fingerprint density at radius 2 is 1.54 bits per heavy atom. The average molecular weight is 322 g/mol. The summed E-state index contributed by atoms with van der Waals surface area (Å²) >= 11 is 0. The molecule has 0 aliphatic carbocycles. The van der Waals surface area contributed by atoms with Gasteiger partial charge in [-0.1, -0.05) is 45.0 Å². The van der Waals surface area contributed by atoms with Crippen molar-refractivity contribution in [3.05, 3.63) is 71.9 Å². The molecule has 3 nitrogen and oxygen atoms in total. The summed E-state index contributed by atoms with van der Waals surface area (Å²) in [6.07, 6.45) is 3.25. The smallest absolute Gasteiger partial charge is 0.187 e. The fraction of sp³-hybridized carbons (Fsp3) is 0.286. The van der Waals surface area contributed by atoms with E-state index in [2.05, 4.69) is 26.1 Å². The Morgan fingerprint density at radius 3 is 2.04 bits per heavy atom. The molecule has 0 heterocycles. The van der Waals surface area contributed by atoms with E-state index in [9.17, 15) is 4.79 Å². The van der Waals surface area contributed by atoms with Gasteiger partial charge in [-0.15, -0.1) is 0 Å². The van der Waals surface area contributed by atoms with Gasteiger partial charge in [0.25, 0.3) is 0 Å². The van der Waals surface area contributed by atoms with Crippen molar-refractivity contribution >= 4 is 17.2 Å². The number of allylic oxidation sites excluding steroid dienone is 1. The summed E-state index contributed by atoms with van der Waals surface area (Å²) in [6, 6.07) is 15.9. The van der Waals surface area contributed by atoms with Crippen molar-refractivity contribution in [2.45, 2.75) is 26.2 Å². The molecule has 2 rings (SSSR count). The first kappa shape index (κ1) is 17.8.